The predicted molar refractivity (Wildman–Crippen MR) is 81.7 cm³/mol. The van der Waals surface area contributed by atoms with Crippen LogP contribution in [-0.4, -0.2) is 27.5 Å². The van der Waals surface area contributed by atoms with Crippen LogP contribution in [0.3, 0.4) is 0 Å². The number of aliphatic hydroxyl groups excluding tert-OH is 1. The Bertz CT molecular complexity index is 598. The number of aliphatic hydroxyl groups is 1. The molecular formula is C14H17Cl2N3O. The van der Waals surface area contributed by atoms with Gasteiger partial charge in [-0.05, 0) is 26.0 Å². The van der Waals surface area contributed by atoms with E-state index in [1.165, 1.54) is 0 Å². The lowest BCUT2D eigenvalue weighted by Crippen LogP contribution is -2.28. The number of aromatic nitrogens is 2. The highest BCUT2D eigenvalue weighted by Crippen LogP contribution is 2.27. The van der Waals surface area contributed by atoms with Crippen LogP contribution < -0.4 is 5.32 Å². The van der Waals surface area contributed by atoms with Gasteiger partial charge in [0.25, 0.3) is 0 Å². The molecule has 0 aliphatic carbocycles. The zero-order valence-electron chi connectivity index (χ0n) is 11.4. The van der Waals surface area contributed by atoms with E-state index in [0.717, 1.165) is 16.9 Å². The van der Waals surface area contributed by atoms with Crippen molar-refractivity contribution in [2.24, 2.45) is 0 Å². The fourth-order valence-electron chi connectivity index (χ4n) is 1.86. The molecule has 1 aromatic carbocycles. The van der Waals surface area contributed by atoms with Gasteiger partial charge >= 0.3 is 0 Å². The molecule has 0 saturated heterocycles. The fourth-order valence-corrected chi connectivity index (χ4v) is 2.40. The second-order valence-corrected chi connectivity index (χ2v) is 5.45. The van der Waals surface area contributed by atoms with Crippen LogP contribution >= 0.6 is 23.2 Å². The largest absolute Gasteiger partial charge is 0.395 e. The summed E-state index contributed by atoms with van der Waals surface area (Å²) in [6.07, 6.45) is 0. The number of nitrogens with zero attached hydrogens (tertiary/aromatic N) is 2. The number of benzene rings is 1. The van der Waals surface area contributed by atoms with Crippen molar-refractivity contribution in [1.82, 2.24) is 15.1 Å². The van der Waals surface area contributed by atoms with Gasteiger partial charge in [0, 0.05) is 18.2 Å². The molecule has 0 bridgehead atoms. The van der Waals surface area contributed by atoms with Crippen molar-refractivity contribution in [1.29, 1.82) is 0 Å². The van der Waals surface area contributed by atoms with Crippen molar-refractivity contribution in [2.75, 3.05) is 6.61 Å². The van der Waals surface area contributed by atoms with E-state index in [2.05, 4.69) is 10.4 Å². The number of aryl methyl sites for hydroxylation is 1. The third-order valence-electron chi connectivity index (χ3n) is 3.10. The van der Waals surface area contributed by atoms with E-state index < -0.39 is 0 Å². The van der Waals surface area contributed by atoms with Crippen molar-refractivity contribution in [2.45, 2.75) is 26.4 Å². The van der Waals surface area contributed by atoms with Gasteiger partial charge in [-0.25, -0.2) is 4.68 Å². The van der Waals surface area contributed by atoms with Crippen molar-refractivity contribution in [3.05, 3.63) is 45.7 Å². The van der Waals surface area contributed by atoms with Crippen LogP contribution in [0.5, 0.6) is 0 Å². The summed E-state index contributed by atoms with van der Waals surface area (Å²) in [6, 6.07) is 7.43. The van der Waals surface area contributed by atoms with Crippen molar-refractivity contribution in [3.63, 3.8) is 0 Å². The van der Waals surface area contributed by atoms with E-state index in [-0.39, 0.29) is 12.6 Å². The first-order chi connectivity index (χ1) is 9.54. The van der Waals surface area contributed by atoms with Crippen molar-refractivity contribution >= 4 is 23.2 Å². The van der Waals surface area contributed by atoms with E-state index in [1.54, 1.807) is 10.7 Å². The Labute approximate surface area is 128 Å². The van der Waals surface area contributed by atoms with Crippen LogP contribution in [-0.2, 0) is 6.54 Å². The van der Waals surface area contributed by atoms with Gasteiger partial charge in [0.2, 0.25) is 0 Å². The summed E-state index contributed by atoms with van der Waals surface area (Å²) in [5.74, 6) is 0. The molecule has 2 rings (SSSR count). The van der Waals surface area contributed by atoms with Crippen LogP contribution in [0, 0.1) is 6.92 Å². The Morgan fingerprint density at radius 1 is 1.35 bits per heavy atom. The predicted octanol–water partition coefficient (Wildman–Crippen LogP) is 2.96. The van der Waals surface area contributed by atoms with Gasteiger partial charge in [-0.1, -0.05) is 35.3 Å². The Hall–Kier alpha value is -1.07. The Kier molecular flexibility index (Phi) is 5.05. The quantitative estimate of drug-likeness (QED) is 0.892. The average molecular weight is 314 g/mol. The summed E-state index contributed by atoms with van der Waals surface area (Å²) in [5, 5.41) is 17.8. The lowest BCUT2D eigenvalue weighted by Gasteiger charge is -2.10. The second kappa shape index (κ2) is 6.59. The maximum atomic E-state index is 9.04. The summed E-state index contributed by atoms with van der Waals surface area (Å²) < 4.78 is 1.64. The topological polar surface area (TPSA) is 50.1 Å². The Morgan fingerprint density at radius 2 is 2.05 bits per heavy atom. The highest BCUT2D eigenvalue weighted by atomic mass is 35.5. The highest BCUT2D eigenvalue weighted by molar-refractivity contribution is 6.33. The molecule has 1 aromatic heterocycles. The molecule has 0 spiro atoms. The fraction of sp³-hybridized carbons (Fsp3) is 0.357. The van der Waals surface area contributed by atoms with E-state index in [4.69, 9.17) is 28.3 Å². The maximum absolute atomic E-state index is 9.04. The second-order valence-electron chi connectivity index (χ2n) is 4.68. The Balaban J connectivity index is 2.32. The summed E-state index contributed by atoms with van der Waals surface area (Å²) in [5.41, 5.74) is 2.50. The molecular weight excluding hydrogens is 297 g/mol. The molecule has 2 N–H and O–H groups in total. The van der Waals surface area contributed by atoms with E-state index in [1.807, 2.05) is 32.0 Å². The molecule has 6 heteroatoms. The summed E-state index contributed by atoms with van der Waals surface area (Å²) in [4.78, 5) is 0. The molecule has 0 amide bonds. The van der Waals surface area contributed by atoms with Crippen LogP contribution in [0.4, 0.5) is 0 Å². The van der Waals surface area contributed by atoms with Crippen molar-refractivity contribution in [3.8, 4) is 5.69 Å². The maximum Gasteiger partial charge on any atom is 0.137 e. The number of hydrogen-bond acceptors (Lipinski definition) is 3. The molecule has 0 saturated carbocycles. The van der Waals surface area contributed by atoms with Crippen LogP contribution in [0.1, 0.15) is 18.2 Å². The molecule has 108 valence electrons. The van der Waals surface area contributed by atoms with Gasteiger partial charge in [-0.3, -0.25) is 0 Å². The molecule has 0 fully saturated rings. The summed E-state index contributed by atoms with van der Waals surface area (Å²) >= 11 is 12.6. The van der Waals surface area contributed by atoms with Gasteiger partial charge in [-0.15, -0.1) is 0 Å². The smallest absolute Gasteiger partial charge is 0.137 e. The van der Waals surface area contributed by atoms with Crippen LogP contribution in [0.2, 0.25) is 10.2 Å². The molecule has 2 aromatic rings. The first kappa shape index (κ1) is 15.3. The van der Waals surface area contributed by atoms with Gasteiger partial charge in [0.15, 0.2) is 0 Å². The number of rotatable bonds is 5. The zero-order valence-corrected chi connectivity index (χ0v) is 12.9. The van der Waals surface area contributed by atoms with Crippen LogP contribution in [0.25, 0.3) is 5.69 Å². The van der Waals surface area contributed by atoms with E-state index in [0.29, 0.717) is 16.7 Å². The van der Waals surface area contributed by atoms with Crippen LogP contribution in [0.15, 0.2) is 24.3 Å². The van der Waals surface area contributed by atoms with E-state index >= 15 is 0 Å². The SMILES string of the molecule is Cc1nn(-c2ccccc2Cl)c(Cl)c1CNC(C)CO. The molecule has 4 nitrogen and oxygen atoms in total. The van der Waals surface area contributed by atoms with E-state index in [9.17, 15) is 0 Å². The summed E-state index contributed by atoms with van der Waals surface area (Å²) in [6.45, 7) is 4.44. The van der Waals surface area contributed by atoms with Crippen molar-refractivity contribution < 1.29 is 5.11 Å². The number of nitrogens with one attached hydrogen (secondary N) is 1. The molecule has 20 heavy (non-hydrogen) atoms. The minimum atomic E-state index is 0.00845. The van der Waals surface area contributed by atoms with Gasteiger partial charge < -0.3 is 10.4 Å². The molecule has 0 radical (unpaired) electrons. The lowest BCUT2D eigenvalue weighted by atomic mass is 10.2. The van der Waals surface area contributed by atoms with Gasteiger partial charge in [-0.2, -0.15) is 5.10 Å². The zero-order chi connectivity index (χ0) is 14.7. The molecule has 0 aliphatic rings. The monoisotopic (exact) mass is 313 g/mol. The third-order valence-corrected chi connectivity index (χ3v) is 3.81. The van der Waals surface area contributed by atoms with Gasteiger partial charge in [0.1, 0.15) is 5.15 Å². The first-order valence-corrected chi connectivity index (χ1v) is 7.13. The first-order valence-electron chi connectivity index (χ1n) is 6.37. The lowest BCUT2D eigenvalue weighted by molar-refractivity contribution is 0.251. The highest BCUT2D eigenvalue weighted by Gasteiger charge is 2.16. The minimum absolute atomic E-state index is 0.00845. The third kappa shape index (κ3) is 3.15. The number of halogens is 2. The molecule has 1 heterocycles. The standard InChI is InChI=1S/C14H17Cl2N3O/c1-9(8-20)17-7-11-10(2)18-19(14(11)16)13-6-4-3-5-12(13)15/h3-6,9,17,20H,7-8H2,1-2H3. The molecule has 0 aliphatic heterocycles. The molecule has 1 atom stereocenters. The normalized spacial score (nSPS) is 12.7. The minimum Gasteiger partial charge on any atom is -0.395 e. The Morgan fingerprint density at radius 3 is 2.70 bits per heavy atom. The average Bonchev–Trinajstić information content (AvgIpc) is 2.72. The summed E-state index contributed by atoms with van der Waals surface area (Å²) in [7, 11) is 0. The van der Waals surface area contributed by atoms with Gasteiger partial charge in [0.05, 0.1) is 23.0 Å². The molecule has 1 unspecified atom stereocenters. The number of hydrogen-bond donors (Lipinski definition) is 2. The number of para-hydroxylation sites is 1.